The molecule has 0 saturated carbocycles. The number of aryl methyl sites for hydroxylation is 1. The van der Waals surface area contributed by atoms with Crippen molar-refractivity contribution in [2.75, 3.05) is 6.61 Å². The first kappa shape index (κ1) is 23.0. The van der Waals surface area contributed by atoms with Crippen molar-refractivity contribution in [3.05, 3.63) is 59.2 Å². The van der Waals surface area contributed by atoms with E-state index >= 15 is 0 Å². The third-order valence-corrected chi connectivity index (χ3v) is 3.07. The number of aromatic hydroxyl groups is 2. The fourth-order valence-electron chi connectivity index (χ4n) is 1.88. The Morgan fingerprint density at radius 1 is 1.00 bits per heavy atom. The molecule has 128 valence electrons. The van der Waals surface area contributed by atoms with E-state index in [4.69, 9.17) is 14.9 Å². The number of esters is 1. The van der Waals surface area contributed by atoms with Crippen LogP contribution in [-0.4, -0.2) is 28.8 Å². The molecule has 0 aromatic heterocycles. The summed E-state index contributed by atoms with van der Waals surface area (Å²) >= 11 is 0. The van der Waals surface area contributed by atoms with Crippen molar-refractivity contribution in [3.8, 4) is 11.5 Å². The molecule has 2 N–H and O–H groups in total. The minimum Gasteiger partial charge on any atom is -0.545 e. The maximum atomic E-state index is 11.1. The van der Waals surface area contributed by atoms with Crippen LogP contribution in [0.25, 0.3) is 0 Å². The first-order valence-electron chi connectivity index (χ1n) is 7.38. The minimum absolute atomic E-state index is 0. The van der Waals surface area contributed by atoms with E-state index in [9.17, 15) is 14.7 Å². The summed E-state index contributed by atoms with van der Waals surface area (Å²) in [6, 6.07) is 10.1. The third kappa shape index (κ3) is 7.60. The average Bonchev–Trinajstić information content (AvgIpc) is 2.55. The van der Waals surface area contributed by atoms with E-state index in [0.717, 1.165) is 0 Å². The van der Waals surface area contributed by atoms with Crippen LogP contribution in [0.15, 0.2) is 42.5 Å². The van der Waals surface area contributed by atoms with Gasteiger partial charge in [-0.1, -0.05) is 6.92 Å². The molecule has 0 amide bonds. The van der Waals surface area contributed by atoms with Crippen LogP contribution in [0.4, 0.5) is 0 Å². The first-order valence-corrected chi connectivity index (χ1v) is 7.38. The van der Waals surface area contributed by atoms with E-state index in [1.165, 1.54) is 42.5 Å². The molecule has 0 aliphatic carbocycles. The van der Waals surface area contributed by atoms with Crippen molar-refractivity contribution in [2.24, 2.45) is 0 Å². The molecular formula is C18H19NaO6. The van der Waals surface area contributed by atoms with Crippen molar-refractivity contribution in [2.45, 2.75) is 20.3 Å². The maximum absolute atomic E-state index is 11.1. The summed E-state index contributed by atoms with van der Waals surface area (Å²) in [6.45, 7) is 3.93. The largest absolute Gasteiger partial charge is 1.00 e. The van der Waals surface area contributed by atoms with Crippen molar-refractivity contribution in [1.29, 1.82) is 0 Å². The van der Waals surface area contributed by atoms with Crippen LogP contribution in [0.3, 0.4) is 0 Å². The smallest absolute Gasteiger partial charge is 0.545 e. The zero-order chi connectivity index (χ0) is 18.1. The molecule has 0 fully saturated rings. The molecule has 0 saturated heterocycles. The van der Waals surface area contributed by atoms with Crippen molar-refractivity contribution in [1.82, 2.24) is 0 Å². The van der Waals surface area contributed by atoms with E-state index in [1.54, 1.807) is 6.92 Å². The van der Waals surface area contributed by atoms with E-state index in [0.29, 0.717) is 24.2 Å². The van der Waals surface area contributed by atoms with E-state index in [-0.39, 0.29) is 52.6 Å². The molecule has 0 atom stereocenters. The van der Waals surface area contributed by atoms with Crippen LogP contribution in [-0.2, 0) is 11.2 Å². The fraction of sp³-hybridized carbons (Fsp3) is 0.222. The number of phenols is 2. The van der Waals surface area contributed by atoms with Gasteiger partial charge < -0.3 is 24.9 Å². The predicted octanol–water partition coefficient (Wildman–Crippen LogP) is -1.11. The summed E-state index contributed by atoms with van der Waals surface area (Å²) in [6.07, 6.45) is 0.567. The molecule has 0 aliphatic heterocycles. The normalized spacial score (nSPS) is 9.20. The number of carbonyl (C=O) groups is 2. The van der Waals surface area contributed by atoms with Gasteiger partial charge in [0.1, 0.15) is 11.5 Å². The SMILES string of the molecule is CCOC(=O)c1ccc(O)cc1.CCc1cc(O)ccc1C(=O)[O-].[Na+]. The Morgan fingerprint density at radius 2 is 1.56 bits per heavy atom. The van der Waals surface area contributed by atoms with Crippen LogP contribution >= 0.6 is 0 Å². The first-order chi connectivity index (χ1) is 11.4. The molecule has 0 radical (unpaired) electrons. The quantitative estimate of drug-likeness (QED) is 0.533. The van der Waals surface area contributed by atoms with Crippen LogP contribution in [0.2, 0.25) is 0 Å². The van der Waals surface area contributed by atoms with Gasteiger partial charge in [-0.15, -0.1) is 0 Å². The number of carbonyl (C=O) groups excluding carboxylic acids is 2. The van der Waals surface area contributed by atoms with Crippen molar-refractivity contribution in [3.63, 3.8) is 0 Å². The van der Waals surface area contributed by atoms with Gasteiger partial charge in [0.2, 0.25) is 0 Å². The number of ether oxygens (including phenoxy) is 1. The number of hydrogen-bond donors (Lipinski definition) is 2. The van der Waals surface area contributed by atoms with Crippen LogP contribution in [0.1, 0.15) is 40.1 Å². The molecule has 0 unspecified atom stereocenters. The zero-order valence-corrected chi connectivity index (χ0v) is 16.5. The third-order valence-electron chi connectivity index (χ3n) is 3.07. The number of hydrogen-bond acceptors (Lipinski definition) is 6. The van der Waals surface area contributed by atoms with Gasteiger partial charge in [-0.2, -0.15) is 0 Å². The Kier molecular flexibility index (Phi) is 10.6. The second-order valence-electron chi connectivity index (χ2n) is 4.75. The molecular weight excluding hydrogens is 335 g/mol. The number of benzene rings is 2. The van der Waals surface area contributed by atoms with Gasteiger partial charge in [0.05, 0.1) is 18.1 Å². The summed E-state index contributed by atoms with van der Waals surface area (Å²) in [5.41, 5.74) is 1.19. The van der Waals surface area contributed by atoms with Gasteiger partial charge >= 0.3 is 35.5 Å². The van der Waals surface area contributed by atoms with E-state index < -0.39 is 5.97 Å². The number of carboxylic acid groups (broad SMARTS) is 1. The summed E-state index contributed by atoms with van der Waals surface area (Å²) in [4.78, 5) is 21.6. The topological polar surface area (TPSA) is 107 Å². The Balaban J connectivity index is 0.000000443. The molecule has 2 rings (SSSR count). The van der Waals surface area contributed by atoms with E-state index in [2.05, 4.69) is 0 Å². The summed E-state index contributed by atoms with van der Waals surface area (Å²) in [7, 11) is 0. The summed E-state index contributed by atoms with van der Waals surface area (Å²) in [5, 5.41) is 28.5. The Labute approximate surface area is 168 Å². The molecule has 0 heterocycles. The van der Waals surface area contributed by atoms with Crippen LogP contribution in [0.5, 0.6) is 11.5 Å². The van der Waals surface area contributed by atoms with Gasteiger partial charge in [0.15, 0.2) is 0 Å². The summed E-state index contributed by atoms with van der Waals surface area (Å²) < 4.78 is 4.75. The van der Waals surface area contributed by atoms with Gasteiger partial charge in [-0.25, -0.2) is 4.79 Å². The Bertz CT molecular complexity index is 697. The molecule has 0 aliphatic rings. The molecule has 0 spiro atoms. The standard InChI is InChI=1S/2C9H10O3.Na/c1-2-12-9(11)7-3-5-8(10)6-4-7;1-2-6-5-7(10)3-4-8(6)9(11)12;/h3-6,10H,2H2,1H3;3-5,10H,2H2,1H3,(H,11,12);/q;;+1/p-1. The number of rotatable bonds is 4. The number of aromatic carboxylic acids is 1. The van der Waals surface area contributed by atoms with E-state index in [1.807, 2.05) is 6.92 Å². The molecule has 0 bridgehead atoms. The minimum atomic E-state index is -1.20. The molecule has 25 heavy (non-hydrogen) atoms. The van der Waals surface area contributed by atoms with Gasteiger partial charge in [-0.05, 0) is 61.4 Å². The van der Waals surface area contributed by atoms with Gasteiger partial charge in [-0.3, -0.25) is 0 Å². The Hall–Kier alpha value is -2.02. The second kappa shape index (κ2) is 11.5. The van der Waals surface area contributed by atoms with Crippen LogP contribution < -0.4 is 34.7 Å². The molecule has 6 nitrogen and oxygen atoms in total. The van der Waals surface area contributed by atoms with Crippen molar-refractivity contribution < 1.29 is 59.2 Å². The van der Waals surface area contributed by atoms with Crippen LogP contribution in [0, 0.1) is 0 Å². The van der Waals surface area contributed by atoms with Gasteiger partial charge in [0, 0.05) is 5.56 Å². The number of carboxylic acids is 1. The van der Waals surface area contributed by atoms with Crippen molar-refractivity contribution >= 4 is 11.9 Å². The zero-order valence-electron chi connectivity index (χ0n) is 14.5. The second-order valence-corrected chi connectivity index (χ2v) is 4.75. The van der Waals surface area contributed by atoms with Gasteiger partial charge in [0.25, 0.3) is 0 Å². The number of phenolic OH excluding ortho intramolecular Hbond substituents is 2. The monoisotopic (exact) mass is 354 g/mol. The molecule has 2 aromatic carbocycles. The fourth-order valence-corrected chi connectivity index (χ4v) is 1.88. The summed E-state index contributed by atoms with van der Waals surface area (Å²) in [5.74, 6) is -1.34. The molecule has 2 aromatic rings. The average molecular weight is 354 g/mol. The Morgan fingerprint density at radius 3 is 2.04 bits per heavy atom. The maximum Gasteiger partial charge on any atom is 1.00 e. The predicted molar refractivity (Wildman–Crippen MR) is 85.9 cm³/mol. The molecule has 7 heteroatoms.